The second-order valence-electron chi connectivity index (χ2n) is 3.66. The molecule has 1 aliphatic carbocycles. The summed E-state index contributed by atoms with van der Waals surface area (Å²) in [6.45, 7) is -0.118. The van der Waals surface area contributed by atoms with Crippen LogP contribution >= 0.6 is 0 Å². The number of nitrogens with zero attached hydrogens (tertiary/aromatic N) is 2. The van der Waals surface area contributed by atoms with Gasteiger partial charge in [-0.3, -0.25) is 4.79 Å². The van der Waals surface area contributed by atoms with Gasteiger partial charge in [0.1, 0.15) is 12.4 Å². The molecule has 0 aliphatic heterocycles. The van der Waals surface area contributed by atoms with Crippen LogP contribution < -0.4 is 5.32 Å². The van der Waals surface area contributed by atoms with Crippen LogP contribution in [0.1, 0.15) is 24.1 Å². The molecule has 5 heteroatoms. The molecule has 0 bridgehead atoms. The van der Waals surface area contributed by atoms with E-state index in [1.807, 2.05) is 6.07 Å². The maximum absolute atomic E-state index is 10.4. The fraction of sp³-hybridized carbons (Fsp3) is 0.500. The van der Waals surface area contributed by atoms with Gasteiger partial charge < -0.3 is 10.4 Å². The van der Waals surface area contributed by atoms with Gasteiger partial charge in [-0.25, -0.2) is 0 Å². The Morgan fingerprint density at radius 3 is 3.00 bits per heavy atom. The highest BCUT2D eigenvalue weighted by molar-refractivity contribution is 5.72. The van der Waals surface area contributed by atoms with E-state index in [2.05, 4.69) is 15.5 Å². The van der Waals surface area contributed by atoms with Crippen molar-refractivity contribution in [1.82, 2.24) is 10.2 Å². The summed E-state index contributed by atoms with van der Waals surface area (Å²) in [5.41, 5.74) is 2.26. The fourth-order valence-corrected chi connectivity index (χ4v) is 1.74. The van der Waals surface area contributed by atoms with Crippen LogP contribution in [-0.4, -0.2) is 27.8 Å². The number of carboxylic acid groups (broad SMARTS) is 1. The van der Waals surface area contributed by atoms with Crippen LogP contribution in [0.15, 0.2) is 6.07 Å². The lowest BCUT2D eigenvalue weighted by Gasteiger charge is -2.14. The van der Waals surface area contributed by atoms with Gasteiger partial charge in [-0.05, 0) is 37.3 Å². The first kappa shape index (κ1) is 9.89. The van der Waals surface area contributed by atoms with Crippen LogP contribution in [0.3, 0.4) is 0 Å². The first-order valence-electron chi connectivity index (χ1n) is 5.07. The van der Waals surface area contributed by atoms with Gasteiger partial charge >= 0.3 is 5.97 Å². The van der Waals surface area contributed by atoms with Gasteiger partial charge in [0.2, 0.25) is 0 Å². The van der Waals surface area contributed by atoms with E-state index in [-0.39, 0.29) is 6.54 Å². The number of carboxylic acids is 1. The number of anilines is 1. The minimum Gasteiger partial charge on any atom is -0.480 e. The molecule has 0 unspecified atom stereocenters. The van der Waals surface area contributed by atoms with Crippen molar-refractivity contribution in [3.05, 3.63) is 17.3 Å². The number of aryl methyl sites for hydroxylation is 2. The van der Waals surface area contributed by atoms with Crippen molar-refractivity contribution in [2.45, 2.75) is 25.7 Å². The average molecular weight is 207 g/mol. The summed E-state index contributed by atoms with van der Waals surface area (Å²) >= 11 is 0. The van der Waals surface area contributed by atoms with E-state index in [1.165, 1.54) is 18.4 Å². The van der Waals surface area contributed by atoms with E-state index >= 15 is 0 Å². The predicted molar refractivity (Wildman–Crippen MR) is 54.8 cm³/mol. The van der Waals surface area contributed by atoms with Crippen molar-refractivity contribution in [2.24, 2.45) is 0 Å². The standard InChI is InChI=1S/C10H13N3O2/c14-10(15)6-11-9-5-7-3-1-2-4-8(7)12-13-9/h5H,1-4,6H2,(H,11,13)(H,14,15). The summed E-state index contributed by atoms with van der Waals surface area (Å²) in [4.78, 5) is 10.4. The number of rotatable bonds is 3. The molecule has 0 amide bonds. The molecule has 1 aliphatic rings. The van der Waals surface area contributed by atoms with Gasteiger partial charge in [0, 0.05) is 0 Å². The smallest absolute Gasteiger partial charge is 0.322 e. The molecule has 1 heterocycles. The van der Waals surface area contributed by atoms with Crippen LogP contribution in [0.25, 0.3) is 0 Å². The molecule has 2 N–H and O–H groups in total. The monoisotopic (exact) mass is 207 g/mol. The van der Waals surface area contributed by atoms with Crippen LogP contribution in [0.4, 0.5) is 5.82 Å². The van der Waals surface area contributed by atoms with Crippen LogP contribution in [0.5, 0.6) is 0 Å². The molecular weight excluding hydrogens is 194 g/mol. The van der Waals surface area contributed by atoms with Crippen LogP contribution in [0, 0.1) is 0 Å². The number of aliphatic carboxylic acids is 1. The highest BCUT2D eigenvalue weighted by Gasteiger charge is 2.11. The number of fused-ring (bicyclic) bond motifs is 1. The van der Waals surface area contributed by atoms with Crippen molar-refractivity contribution < 1.29 is 9.90 Å². The third kappa shape index (κ3) is 2.43. The largest absolute Gasteiger partial charge is 0.480 e. The van der Waals surface area contributed by atoms with Gasteiger partial charge in [-0.15, -0.1) is 5.10 Å². The molecule has 0 saturated heterocycles. The molecular formula is C10H13N3O2. The van der Waals surface area contributed by atoms with E-state index in [4.69, 9.17) is 5.11 Å². The van der Waals surface area contributed by atoms with Crippen molar-refractivity contribution in [2.75, 3.05) is 11.9 Å². The van der Waals surface area contributed by atoms with Crippen LogP contribution in [-0.2, 0) is 17.6 Å². The third-order valence-corrected chi connectivity index (χ3v) is 2.49. The van der Waals surface area contributed by atoms with Gasteiger partial charge in [0.05, 0.1) is 5.69 Å². The Morgan fingerprint density at radius 1 is 1.40 bits per heavy atom. The Labute approximate surface area is 87.5 Å². The SMILES string of the molecule is O=C(O)CNc1cc2c(nn1)CCCC2. The first-order valence-corrected chi connectivity index (χ1v) is 5.07. The summed E-state index contributed by atoms with van der Waals surface area (Å²) in [7, 11) is 0. The molecule has 0 saturated carbocycles. The molecule has 1 aromatic heterocycles. The first-order chi connectivity index (χ1) is 7.25. The maximum atomic E-state index is 10.4. The Kier molecular flexibility index (Phi) is 2.80. The Hall–Kier alpha value is -1.65. The molecule has 5 nitrogen and oxygen atoms in total. The Bertz CT molecular complexity index is 379. The Balaban J connectivity index is 2.10. The second kappa shape index (κ2) is 4.25. The fourth-order valence-electron chi connectivity index (χ4n) is 1.74. The number of hydrogen-bond acceptors (Lipinski definition) is 4. The second-order valence-corrected chi connectivity index (χ2v) is 3.66. The number of nitrogens with one attached hydrogen (secondary N) is 1. The zero-order valence-corrected chi connectivity index (χ0v) is 8.36. The molecule has 2 rings (SSSR count). The molecule has 15 heavy (non-hydrogen) atoms. The number of carbonyl (C=O) groups is 1. The lowest BCUT2D eigenvalue weighted by molar-refractivity contribution is -0.134. The molecule has 0 atom stereocenters. The van der Waals surface area contributed by atoms with Crippen molar-refractivity contribution >= 4 is 11.8 Å². The topological polar surface area (TPSA) is 75.1 Å². The van der Waals surface area contributed by atoms with Crippen molar-refractivity contribution in [1.29, 1.82) is 0 Å². The summed E-state index contributed by atoms with van der Waals surface area (Å²) in [6.07, 6.45) is 4.36. The zero-order chi connectivity index (χ0) is 10.7. The van der Waals surface area contributed by atoms with Crippen molar-refractivity contribution in [3.8, 4) is 0 Å². The van der Waals surface area contributed by atoms with E-state index < -0.39 is 5.97 Å². The maximum Gasteiger partial charge on any atom is 0.322 e. The predicted octanol–water partition coefficient (Wildman–Crippen LogP) is 0.852. The quantitative estimate of drug-likeness (QED) is 0.768. The van der Waals surface area contributed by atoms with Gasteiger partial charge in [0.25, 0.3) is 0 Å². The van der Waals surface area contributed by atoms with Gasteiger partial charge in [0.15, 0.2) is 0 Å². The summed E-state index contributed by atoms with van der Waals surface area (Å²) < 4.78 is 0. The summed E-state index contributed by atoms with van der Waals surface area (Å²) in [6, 6.07) is 1.91. The minimum absolute atomic E-state index is 0.118. The normalized spacial score (nSPS) is 14.4. The lowest BCUT2D eigenvalue weighted by atomic mass is 9.97. The molecule has 0 spiro atoms. The highest BCUT2D eigenvalue weighted by Crippen LogP contribution is 2.20. The van der Waals surface area contributed by atoms with Crippen LogP contribution in [0.2, 0.25) is 0 Å². The van der Waals surface area contributed by atoms with Gasteiger partial charge in [-0.1, -0.05) is 0 Å². The molecule has 1 aromatic rings. The van der Waals surface area contributed by atoms with Gasteiger partial charge in [-0.2, -0.15) is 5.10 Å². The lowest BCUT2D eigenvalue weighted by Crippen LogP contribution is -2.15. The molecule has 0 radical (unpaired) electrons. The molecule has 0 aromatic carbocycles. The average Bonchev–Trinajstić information content (AvgIpc) is 2.26. The third-order valence-electron chi connectivity index (χ3n) is 2.49. The summed E-state index contributed by atoms with van der Waals surface area (Å²) in [5.74, 6) is -0.340. The van der Waals surface area contributed by atoms with E-state index in [0.29, 0.717) is 5.82 Å². The molecule has 0 fully saturated rings. The van der Waals surface area contributed by atoms with Crippen molar-refractivity contribution in [3.63, 3.8) is 0 Å². The van der Waals surface area contributed by atoms with E-state index in [1.54, 1.807) is 0 Å². The highest BCUT2D eigenvalue weighted by atomic mass is 16.4. The summed E-state index contributed by atoms with van der Waals surface area (Å²) in [5, 5.41) is 19.3. The number of aromatic nitrogens is 2. The molecule has 80 valence electrons. The Morgan fingerprint density at radius 2 is 2.20 bits per heavy atom. The minimum atomic E-state index is -0.894. The number of hydrogen-bond donors (Lipinski definition) is 2. The zero-order valence-electron chi connectivity index (χ0n) is 8.36. The van der Waals surface area contributed by atoms with E-state index in [9.17, 15) is 4.79 Å². The van der Waals surface area contributed by atoms with E-state index in [0.717, 1.165) is 18.5 Å².